The topological polar surface area (TPSA) is 21.3 Å². The Kier molecular flexibility index (Phi) is 7.00. The van der Waals surface area contributed by atoms with Crippen molar-refractivity contribution in [2.24, 2.45) is 22.7 Å². The monoisotopic (exact) mass is 283 g/mol. The zero-order valence-electron chi connectivity index (χ0n) is 14.7. The second-order valence-corrected chi connectivity index (χ2v) is 8.64. The lowest BCUT2D eigenvalue weighted by atomic mass is 9.76. The molecule has 2 fully saturated rings. The predicted octanol–water partition coefficient (Wildman–Crippen LogP) is 4.49. The molecule has 2 rings (SSSR count). The molecule has 2 saturated heterocycles. The summed E-state index contributed by atoms with van der Waals surface area (Å²) in [5.41, 5.74) is 1.02. The summed E-state index contributed by atoms with van der Waals surface area (Å²) >= 11 is 0. The Labute approximate surface area is 127 Å². The maximum atomic E-state index is 5.29. The molecule has 0 aliphatic carbocycles. The first-order valence-corrected chi connectivity index (χ1v) is 8.49. The summed E-state index contributed by atoms with van der Waals surface area (Å²) < 4.78 is 5.29. The molecule has 0 aromatic heterocycles. The maximum absolute atomic E-state index is 5.29. The standard InChI is InChI=1S/C9H19N.C9H18O/c2*1-9(2,3)8-4-6-10-7-5-8/h8,10H,4-7H2,1-3H3;8H,4-7H2,1-3H3. The van der Waals surface area contributed by atoms with Gasteiger partial charge < -0.3 is 10.1 Å². The van der Waals surface area contributed by atoms with Crippen LogP contribution >= 0.6 is 0 Å². The van der Waals surface area contributed by atoms with Crippen molar-refractivity contribution in [1.82, 2.24) is 5.32 Å². The Hall–Kier alpha value is -0.0800. The quantitative estimate of drug-likeness (QED) is 0.707. The molecule has 1 N–H and O–H groups in total. The first-order valence-electron chi connectivity index (χ1n) is 8.49. The van der Waals surface area contributed by atoms with Crippen LogP contribution in [0.25, 0.3) is 0 Å². The summed E-state index contributed by atoms with van der Waals surface area (Å²) in [6.45, 7) is 18.4. The molecule has 120 valence electrons. The van der Waals surface area contributed by atoms with Crippen LogP contribution in [0.4, 0.5) is 0 Å². The van der Waals surface area contributed by atoms with Crippen molar-refractivity contribution in [2.75, 3.05) is 26.3 Å². The number of hydrogen-bond donors (Lipinski definition) is 1. The van der Waals surface area contributed by atoms with Crippen LogP contribution in [0, 0.1) is 22.7 Å². The van der Waals surface area contributed by atoms with E-state index in [4.69, 9.17) is 4.74 Å². The molecule has 20 heavy (non-hydrogen) atoms. The van der Waals surface area contributed by atoms with Crippen LogP contribution in [0.3, 0.4) is 0 Å². The third-order valence-electron chi connectivity index (χ3n) is 5.01. The summed E-state index contributed by atoms with van der Waals surface area (Å²) in [5.74, 6) is 1.81. The van der Waals surface area contributed by atoms with E-state index in [-0.39, 0.29) is 0 Å². The summed E-state index contributed by atoms with van der Waals surface area (Å²) in [6.07, 6.45) is 5.24. The lowest BCUT2D eigenvalue weighted by Crippen LogP contribution is -2.34. The minimum absolute atomic E-state index is 0.490. The third kappa shape index (κ3) is 6.58. The molecule has 2 aliphatic rings. The highest BCUT2D eigenvalue weighted by atomic mass is 16.5. The number of piperidine rings is 1. The van der Waals surface area contributed by atoms with Crippen LogP contribution in [0.1, 0.15) is 67.2 Å². The van der Waals surface area contributed by atoms with Gasteiger partial charge in [0.25, 0.3) is 0 Å². The van der Waals surface area contributed by atoms with E-state index in [1.54, 1.807) is 0 Å². The van der Waals surface area contributed by atoms with Crippen molar-refractivity contribution in [3.63, 3.8) is 0 Å². The van der Waals surface area contributed by atoms with Crippen LogP contribution in [-0.2, 0) is 4.74 Å². The Morgan fingerprint density at radius 1 is 0.700 bits per heavy atom. The van der Waals surface area contributed by atoms with Crippen molar-refractivity contribution >= 4 is 0 Å². The molecular formula is C18H37NO. The summed E-state index contributed by atoms with van der Waals surface area (Å²) in [6, 6.07) is 0. The Balaban J connectivity index is 0.000000200. The number of ether oxygens (including phenoxy) is 1. The smallest absolute Gasteiger partial charge is 0.0468 e. The van der Waals surface area contributed by atoms with E-state index in [9.17, 15) is 0 Å². The second-order valence-electron chi connectivity index (χ2n) is 8.64. The van der Waals surface area contributed by atoms with E-state index in [0.717, 1.165) is 25.0 Å². The number of hydrogen-bond acceptors (Lipinski definition) is 2. The first kappa shape index (κ1) is 18.0. The van der Waals surface area contributed by atoms with Crippen molar-refractivity contribution in [3.05, 3.63) is 0 Å². The lowest BCUT2D eigenvalue weighted by molar-refractivity contribution is 0.0286. The zero-order chi connectivity index (χ0) is 15.2. The van der Waals surface area contributed by atoms with Crippen LogP contribution in [0.2, 0.25) is 0 Å². The van der Waals surface area contributed by atoms with E-state index >= 15 is 0 Å². The molecule has 2 aliphatic heterocycles. The summed E-state index contributed by atoms with van der Waals surface area (Å²) in [7, 11) is 0. The molecule has 0 radical (unpaired) electrons. The highest BCUT2D eigenvalue weighted by Gasteiger charge is 2.26. The molecule has 0 aromatic carbocycles. The molecule has 0 aromatic rings. The number of nitrogens with one attached hydrogen (secondary N) is 1. The molecule has 0 atom stereocenters. The Bertz CT molecular complexity index is 222. The zero-order valence-corrected chi connectivity index (χ0v) is 14.7. The van der Waals surface area contributed by atoms with E-state index in [2.05, 4.69) is 46.9 Å². The molecular weight excluding hydrogens is 246 g/mol. The van der Waals surface area contributed by atoms with Gasteiger partial charge >= 0.3 is 0 Å². The van der Waals surface area contributed by atoms with Gasteiger partial charge in [0.2, 0.25) is 0 Å². The van der Waals surface area contributed by atoms with Crippen molar-refractivity contribution < 1.29 is 4.74 Å². The molecule has 0 bridgehead atoms. The number of rotatable bonds is 0. The molecule has 2 heteroatoms. The first-order chi connectivity index (χ1) is 9.21. The van der Waals surface area contributed by atoms with E-state index < -0.39 is 0 Å². The fourth-order valence-corrected chi connectivity index (χ4v) is 3.25. The van der Waals surface area contributed by atoms with E-state index in [1.807, 2.05) is 0 Å². The van der Waals surface area contributed by atoms with Gasteiger partial charge in [-0.3, -0.25) is 0 Å². The lowest BCUT2D eigenvalue weighted by Gasteiger charge is -2.34. The van der Waals surface area contributed by atoms with Gasteiger partial charge in [0, 0.05) is 13.2 Å². The van der Waals surface area contributed by atoms with Gasteiger partial charge in [0.1, 0.15) is 0 Å². The third-order valence-corrected chi connectivity index (χ3v) is 5.01. The van der Waals surface area contributed by atoms with Gasteiger partial charge in [-0.1, -0.05) is 41.5 Å². The minimum Gasteiger partial charge on any atom is -0.381 e. The van der Waals surface area contributed by atoms with Crippen LogP contribution < -0.4 is 5.32 Å². The fourth-order valence-electron chi connectivity index (χ4n) is 3.25. The fraction of sp³-hybridized carbons (Fsp3) is 1.00. The minimum atomic E-state index is 0.490. The molecule has 0 saturated carbocycles. The van der Waals surface area contributed by atoms with Gasteiger partial charge in [-0.2, -0.15) is 0 Å². The average Bonchev–Trinajstić information content (AvgIpc) is 2.40. The van der Waals surface area contributed by atoms with Crippen LogP contribution in [-0.4, -0.2) is 26.3 Å². The molecule has 0 amide bonds. The predicted molar refractivity (Wildman–Crippen MR) is 88.0 cm³/mol. The SMILES string of the molecule is CC(C)(C)C1CCNCC1.CC(C)(C)C1CCOCC1. The largest absolute Gasteiger partial charge is 0.381 e. The van der Waals surface area contributed by atoms with Gasteiger partial charge in [-0.15, -0.1) is 0 Å². The van der Waals surface area contributed by atoms with Gasteiger partial charge in [-0.25, -0.2) is 0 Å². The van der Waals surface area contributed by atoms with Crippen molar-refractivity contribution in [1.29, 1.82) is 0 Å². The van der Waals surface area contributed by atoms with Crippen molar-refractivity contribution in [3.8, 4) is 0 Å². The van der Waals surface area contributed by atoms with Gasteiger partial charge in [-0.05, 0) is 61.4 Å². The molecule has 0 spiro atoms. The van der Waals surface area contributed by atoms with E-state index in [0.29, 0.717) is 10.8 Å². The van der Waals surface area contributed by atoms with E-state index in [1.165, 1.54) is 38.8 Å². The Morgan fingerprint density at radius 3 is 1.40 bits per heavy atom. The highest BCUT2D eigenvalue weighted by molar-refractivity contribution is 4.78. The average molecular weight is 284 g/mol. The maximum Gasteiger partial charge on any atom is 0.0468 e. The second kappa shape index (κ2) is 7.79. The molecule has 2 nitrogen and oxygen atoms in total. The van der Waals surface area contributed by atoms with Crippen LogP contribution in [0.15, 0.2) is 0 Å². The van der Waals surface area contributed by atoms with Gasteiger partial charge in [0.15, 0.2) is 0 Å². The van der Waals surface area contributed by atoms with Crippen molar-refractivity contribution in [2.45, 2.75) is 67.2 Å². The normalized spacial score (nSPS) is 23.1. The molecule has 2 heterocycles. The summed E-state index contributed by atoms with van der Waals surface area (Å²) in [4.78, 5) is 0. The Morgan fingerprint density at radius 2 is 1.10 bits per heavy atom. The van der Waals surface area contributed by atoms with Crippen LogP contribution in [0.5, 0.6) is 0 Å². The summed E-state index contributed by atoms with van der Waals surface area (Å²) in [5, 5.41) is 3.39. The highest BCUT2D eigenvalue weighted by Crippen LogP contribution is 2.33. The molecule has 0 unspecified atom stereocenters. The van der Waals surface area contributed by atoms with Gasteiger partial charge in [0.05, 0.1) is 0 Å².